The van der Waals surface area contributed by atoms with Gasteiger partial charge in [-0.15, -0.1) is 13.2 Å². The predicted octanol–water partition coefficient (Wildman–Crippen LogP) is 4.14. The highest BCUT2D eigenvalue weighted by molar-refractivity contribution is 5.93. The van der Waals surface area contributed by atoms with Gasteiger partial charge in [-0.1, -0.05) is 0 Å². The molecule has 146 valence electrons. The average Bonchev–Trinajstić information content (AvgIpc) is 2.55. The molecule has 2 aromatic rings. The number of halogens is 6. The van der Waals surface area contributed by atoms with Gasteiger partial charge >= 0.3 is 12.5 Å². The Hall–Kier alpha value is -3.05. The van der Waals surface area contributed by atoms with Gasteiger partial charge in [0.25, 0.3) is 0 Å². The number of rotatable bonds is 6. The Bertz CT molecular complexity index is 789. The van der Waals surface area contributed by atoms with Gasteiger partial charge in [0.15, 0.2) is 0 Å². The number of benzene rings is 1. The van der Waals surface area contributed by atoms with Gasteiger partial charge in [-0.25, -0.2) is 9.97 Å². The summed E-state index contributed by atoms with van der Waals surface area (Å²) in [6.07, 6.45) is -7.15. The SMILES string of the molecule is CNc1ncnc(Nc2ccc(OC(F)(F)F)cc2)c1C=NCC(F)(F)F. The molecular weight excluding hydrogens is 380 g/mol. The minimum Gasteiger partial charge on any atom is -0.406 e. The first-order valence-corrected chi connectivity index (χ1v) is 7.29. The van der Waals surface area contributed by atoms with E-state index in [4.69, 9.17) is 0 Å². The van der Waals surface area contributed by atoms with Crippen molar-refractivity contribution in [3.05, 3.63) is 36.2 Å². The highest BCUT2D eigenvalue weighted by Crippen LogP contribution is 2.26. The fourth-order valence-corrected chi connectivity index (χ4v) is 1.93. The van der Waals surface area contributed by atoms with E-state index in [1.807, 2.05) is 0 Å². The molecule has 2 rings (SSSR count). The first-order valence-electron chi connectivity index (χ1n) is 7.29. The lowest BCUT2D eigenvalue weighted by atomic mass is 10.2. The lowest BCUT2D eigenvalue weighted by Gasteiger charge is -2.13. The second-order valence-corrected chi connectivity index (χ2v) is 5.02. The average molecular weight is 393 g/mol. The molecule has 0 aliphatic rings. The first-order chi connectivity index (χ1) is 12.6. The monoisotopic (exact) mass is 393 g/mol. The van der Waals surface area contributed by atoms with Crippen molar-refractivity contribution in [3.63, 3.8) is 0 Å². The van der Waals surface area contributed by atoms with E-state index < -0.39 is 24.8 Å². The van der Waals surface area contributed by atoms with E-state index in [1.54, 1.807) is 0 Å². The summed E-state index contributed by atoms with van der Waals surface area (Å²) in [6, 6.07) is 4.73. The predicted molar refractivity (Wildman–Crippen MR) is 86.5 cm³/mol. The molecule has 1 aromatic carbocycles. The third kappa shape index (κ3) is 6.64. The molecule has 0 aliphatic heterocycles. The molecule has 0 fully saturated rings. The van der Waals surface area contributed by atoms with Gasteiger partial charge in [0.1, 0.15) is 30.3 Å². The molecule has 1 aromatic heterocycles. The van der Waals surface area contributed by atoms with Crippen LogP contribution in [0.5, 0.6) is 5.75 Å². The molecule has 0 spiro atoms. The molecule has 0 saturated heterocycles. The van der Waals surface area contributed by atoms with Crippen molar-refractivity contribution in [1.82, 2.24) is 9.97 Å². The van der Waals surface area contributed by atoms with Gasteiger partial charge in [0, 0.05) is 18.9 Å². The van der Waals surface area contributed by atoms with Crippen molar-refractivity contribution >= 4 is 23.5 Å². The second kappa shape index (κ2) is 8.10. The Morgan fingerprint density at radius 3 is 2.22 bits per heavy atom. The molecule has 0 amide bonds. The maximum absolute atomic E-state index is 12.3. The van der Waals surface area contributed by atoms with Gasteiger partial charge in [-0.2, -0.15) is 13.2 Å². The summed E-state index contributed by atoms with van der Waals surface area (Å²) in [5.74, 6) is -0.0844. The molecule has 0 atom stereocenters. The van der Waals surface area contributed by atoms with Crippen LogP contribution in [0.4, 0.5) is 43.7 Å². The largest absolute Gasteiger partial charge is 0.573 e. The minimum absolute atomic E-state index is 0.116. The third-order valence-electron chi connectivity index (χ3n) is 2.96. The quantitative estimate of drug-likeness (QED) is 0.570. The molecule has 0 aliphatic carbocycles. The summed E-state index contributed by atoms with van der Waals surface area (Å²) in [4.78, 5) is 11.1. The first kappa shape index (κ1) is 20.3. The zero-order valence-corrected chi connectivity index (χ0v) is 13.7. The zero-order chi connectivity index (χ0) is 20.1. The number of aliphatic imine (C=N–C) groups is 1. The van der Waals surface area contributed by atoms with E-state index in [0.29, 0.717) is 5.69 Å². The Labute approximate surface area is 149 Å². The fraction of sp³-hybridized carbons (Fsp3) is 0.267. The number of anilines is 3. The van der Waals surface area contributed by atoms with Crippen molar-refractivity contribution in [1.29, 1.82) is 0 Å². The molecule has 6 nitrogen and oxygen atoms in total. The van der Waals surface area contributed by atoms with Gasteiger partial charge in [-0.05, 0) is 24.3 Å². The Morgan fingerprint density at radius 2 is 1.67 bits per heavy atom. The molecular formula is C15H13F6N5O. The van der Waals surface area contributed by atoms with E-state index in [-0.39, 0.29) is 17.2 Å². The summed E-state index contributed by atoms with van der Waals surface area (Å²) in [7, 11) is 1.51. The van der Waals surface area contributed by atoms with Crippen LogP contribution in [0.15, 0.2) is 35.6 Å². The van der Waals surface area contributed by atoms with E-state index in [2.05, 4.69) is 30.3 Å². The smallest absolute Gasteiger partial charge is 0.406 e. The normalized spacial score (nSPS) is 12.3. The van der Waals surface area contributed by atoms with Crippen LogP contribution < -0.4 is 15.4 Å². The van der Waals surface area contributed by atoms with Crippen molar-refractivity contribution in [2.45, 2.75) is 12.5 Å². The Balaban J connectivity index is 2.23. The van der Waals surface area contributed by atoms with Crippen molar-refractivity contribution in [2.24, 2.45) is 4.99 Å². The van der Waals surface area contributed by atoms with Crippen LogP contribution in [0.2, 0.25) is 0 Å². The molecule has 0 radical (unpaired) electrons. The van der Waals surface area contributed by atoms with Gasteiger partial charge < -0.3 is 15.4 Å². The lowest BCUT2D eigenvalue weighted by Crippen LogP contribution is -2.17. The van der Waals surface area contributed by atoms with Crippen LogP contribution in [0.3, 0.4) is 0 Å². The van der Waals surface area contributed by atoms with Crippen LogP contribution in [0.1, 0.15) is 5.56 Å². The third-order valence-corrected chi connectivity index (χ3v) is 2.96. The molecule has 1 heterocycles. The summed E-state index contributed by atoms with van der Waals surface area (Å²) >= 11 is 0. The molecule has 0 bridgehead atoms. The number of alkyl halides is 6. The van der Waals surface area contributed by atoms with E-state index in [9.17, 15) is 26.3 Å². The van der Waals surface area contributed by atoms with Crippen LogP contribution in [0.25, 0.3) is 0 Å². The molecule has 2 N–H and O–H groups in total. The van der Waals surface area contributed by atoms with Crippen molar-refractivity contribution in [2.75, 3.05) is 24.2 Å². The lowest BCUT2D eigenvalue weighted by molar-refractivity contribution is -0.274. The maximum Gasteiger partial charge on any atom is 0.573 e. The van der Waals surface area contributed by atoms with E-state index in [1.165, 1.54) is 19.2 Å². The summed E-state index contributed by atoms with van der Waals surface area (Å²) in [5, 5.41) is 5.48. The number of nitrogens with zero attached hydrogens (tertiary/aromatic N) is 3. The molecule has 27 heavy (non-hydrogen) atoms. The number of nitrogens with one attached hydrogen (secondary N) is 2. The van der Waals surface area contributed by atoms with E-state index >= 15 is 0 Å². The highest BCUT2D eigenvalue weighted by Gasteiger charge is 2.31. The van der Waals surface area contributed by atoms with Crippen LogP contribution in [-0.2, 0) is 0 Å². The summed E-state index contributed by atoms with van der Waals surface area (Å²) in [6.45, 7) is -1.38. The summed E-state index contributed by atoms with van der Waals surface area (Å²) < 4.78 is 77.1. The zero-order valence-electron chi connectivity index (χ0n) is 13.7. The van der Waals surface area contributed by atoms with Crippen molar-refractivity contribution < 1.29 is 31.1 Å². The number of hydrogen-bond acceptors (Lipinski definition) is 6. The van der Waals surface area contributed by atoms with Crippen LogP contribution >= 0.6 is 0 Å². The molecule has 12 heteroatoms. The maximum atomic E-state index is 12.3. The standard InChI is InChI=1S/C15H13F6N5O/c1-22-12-11(6-23-7-14(16,17)18)13(25-8-24-12)26-9-2-4-10(5-3-9)27-15(19,20)21/h2-6,8H,7H2,1H3,(H2,22,24,25,26). The van der Waals surface area contributed by atoms with Gasteiger partial charge in [-0.3, -0.25) is 4.99 Å². The van der Waals surface area contributed by atoms with Crippen LogP contribution in [0, 0.1) is 0 Å². The van der Waals surface area contributed by atoms with Gasteiger partial charge in [0.05, 0.1) is 5.56 Å². The topological polar surface area (TPSA) is 71.4 Å². The molecule has 0 saturated carbocycles. The highest BCUT2D eigenvalue weighted by atomic mass is 19.4. The summed E-state index contributed by atoms with van der Waals surface area (Å²) in [5.41, 5.74) is 0.482. The Kier molecular flexibility index (Phi) is 6.08. The van der Waals surface area contributed by atoms with E-state index in [0.717, 1.165) is 24.7 Å². The second-order valence-electron chi connectivity index (χ2n) is 5.02. The van der Waals surface area contributed by atoms with Crippen LogP contribution in [-0.4, -0.2) is 42.3 Å². The number of hydrogen-bond donors (Lipinski definition) is 2. The van der Waals surface area contributed by atoms with Gasteiger partial charge in [0.2, 0.25) is 0 Å². The van der Waals surface area contributed by atoms with Crippen molar-refractivity contribution in [3.8, 4) is 5.75 Å². The number of ether oxygens (including phenoxy) is 1. The fourth-order valence-electron chi connectivity index (χ4n) is 1.93. The molecule has 0 unspecified atom stereocenters. The Morgan fingerprint density at radius 1 is 1.04 bits per heavy atom. The minimum atomic E-state index is -4.81. The number of aromatic nitrogens is 2.